The lowest BCUT2D eigenvalue weighted by Gasteiger charge is -1.86. The first-order valence-electron chi connectivity index (χ1n) is 4.36. The highest BCUT2D eigenvalue weighted by atomic mass is 31.1. The Hall–Kier alpha value is -0.720. The van der Waals surface area contributed by atoms with E-state index >= 15 is 0 Å². The first-order valence-corrected chi connectivity index (χ1v) is 5.09. The van der Waals surface area contributed by atoms with Gasteiger partial charge in [0.2, 0.25) is 0 Å². The van der Waals surface area contributed by atoms with Gasteiger partial charge in [-0.25, -0.2) is 4.57 Å². The Morgan fingerprint density at radius 2 is 1.54 bits per heavy atom. The van der Waals surface area contributed by atoms with Crippen molar-refractivity contribution in [2.24, 2.45) is 0 Å². The molecule has 0 saturated heterocycles. The minimum absolute atomic E-state index is 0.195. The van der Waals surface area contributed by atoms with Crippen LogP contribution in [0.2, 0.25) is 0 Å². The zero-order valence-electron chi connectivity index (χ0n) is 7.85. The fourth-order valence-corrected chi connectivity index (χ4v) is 0.835. The SMILES string of the molecule is CCCCOP=O.c1ccccc1. The largest absolute Gasteiger partial charge is 0.327 e. The molecule has 0 aliphatic carbocycles. The topological polar surface area (TPSA) is 26.3 Å². The number of unbranched alkanes of at least 4 members (excludes halogenated alkanes) is 1. The Bertz CT molecular complexity index is 163. The van der Waals surface area contributed by atoms with Gasteiger partial charge < -0.3 is 0 Å². The number of hydrogen-bond acceptors (Lipinski definition) is 2. The standard InChI is InChI=1S/C6H6.C4H9O2P/c1-2-4-6-5-3-1;1-2-3-4-6-7-5/h1-6H;2-4H2,1H3. The molecule has 0 amide bonds. The fraction of sp³-hybridized carbons (Fsp3) is 0.400. The van der Waals surface area contributed by atoms with Gasteiger partial charge in [-0.2, -0.15) is 0 Å². The van der Waals surface area contributed by atoms with E-state index in [1.54, 1.807) is 0 Å². The van der Waals surface area contributed by atoms with Gasteiger partial charge in [0.15, 0.2) is 0 Å². The summed E-state index contributed by atoms with van der Waals surface area (Å²) in [6.07, 6.45) is 2.09. The first-order chi connectivity index (χ1) is 6.41. The van der Waals surface area contributed by atoms with E-state index in [4.69, 9.17) is 0 Å². The molecular weight excluding hydrogens is 183 g/mol. The molecule has 0 radical (unpaired) electrons. The average Bonchev–Trinajstić information content (AvgIpc) is 2.22. The van der Waals surface area contributed by atoms with Gasteiger partial charge in [-0.05, 0) is 6.42 Å². The molecule has 72 valence electrons. The molecule has 0 atom stereocenters. The molecule has 0 saturated carbocycles. The number of benzene rings is 1. The maximum absolute atomic E-state index is 9.55. The van der Waals surface area contributed by atoms with Gasteiger partial charge in [0, 0.05) is 0 Å². The Kier molecular flexibility index (Phi) is 10.7. The molecule has 1 aromatic rings. The quantitative estimate of drug-likeness (QED) is 0.544. The minimum atomic E-state index is -0.195. The van der Waals surface area contributed by atoms with Crippen LogP contribution in [0.1, 0.15) is 19.8 Å². The molecular formula is C10H15O2P. The molecule has 0 aromatic heterocycles. The van der Waals surface area contributed by atoms with Gasteiger partial charge in [-0.1, -0.05) is 49.7 Å². The van der Waals surface area contributed by atoms with E-state index in [-0.39, 0.29) is 8.69 Å². The van der Waals surface area contributed by atoms with E-state index in [1.807, 2.05) is 36.4 Å². The Morgan fingerprint density at radius 3 is 1.85 bits per heavy atom. The molecule has 1 aromatic carbocycles. The summed E-state index contributed by atoms with van der Waals surface area (Å²) in [5.74, 6) is 0. The van der Waals surface area contributed by atoms with Crippen LogP contribution in [0.3, 0.4) is 0 Å². The summed E-state index contributed by atoms with van der Waals surface area (Å²) in [6, 6.07) is 12.0. The molecule has 0 spiro atoms. The summed E-state index contributed by atoms with van der Waals surface area (Å²) in [5, 5.41) is 0. The van der Waals surface area contributed by atoms with Crippen LogP contribution in [0.5, 0.6) is 0 Å². The van der Waals surface area contributed by atoms with Gasteiger partial charge in [0.05, 0.1) is 6.61 Å². The maximum atomic E-state index is 9.55. The van der Waals surface area contributed by atoms with Gasteiger partial charge >= 0.3 is 8.69 Å². The summed E-state index contributed by atoms with van der Waals surface area (Å²) in [7, 11) is -0.195. The molecule has 0 N–H and O–H groups in total. The van der Waals surface area contributed by atoms with E-state index < -0.39 is 0 Å². The van der Waals surface area contributed by atoms with E-state index in [0.717, 1.165) is 12.8 Å². The molecule has 0 bridgehead atoms. The average molecular weight is 198 g/mol. The van der Waals surface area contributed by atoms with Gasteiger partial charge in [-0.15, -0.1) is 0 Å². The fourth-order valence-electron chi connectivity index (χ4n) is 0.631. The second-order valence-corrected chi connectivity index (χ2v) is 2.82. The normalized spacial score (nSPS) is 9.00. The van der Waals surface area contributed by atoms with Gasteiger partial charge in [0.1, 0.15) is 0 Å². The van der Waals surface area contributed by atoms with E-state index in [1.165, 1.54) is 0 Å². The molecule has 0 fully saturated rings. The molecule has 0 aliphatic heterocycles. The first kappa shape index (κ1) is 12.3. The molecule has 0 aliphatic rings. The molecule has 0 heterocycles. The number of rotatable bonds is 4. The lowest BCUT2D eigenvalue weighted by molar-refractivity contribution is 0.334. The van der Waals surface area contributed by atoms with Crippen LogP contribution in [0, 0.1) is 0 Å². The lowest BCUT2D eigenvalue weighted by atomic mass is 10.4. The van der Waals surface area contributed by atoms with Crippen molar-refractivity contribution >= 4 is 8.69 Å². The van der Waals surface area contributed by atoms with Crippen LogP contribution >= 0.6 is 8.69 Å². The third-order valence-corrected chi connectivity index (χ3v) is 1.60. The molecule has 3 heteroatoms. The van der Waals surface area contributed by atoms with Gasteiger partial charge in [0.25, 0.3) is 0 Å². The summed E-state index contributed by atoms with van der Waals surface area (Å²) < 4.78 is 14.0. The monoisotopic (exact) mass is 198 g/mol. The molecule has 13 heavy (non-hydrogen) atoms. The highest BCUT2D eigenvalue weighted by Gasteiger charge is 1.80. The summed E-state index contributed by atoms with van der Waals surface area (Å²) in [4.78, 5) is 0. The van der Waals surface area contributed by atoms with Gasteiger partial charge in [-0.3, -0.25) is 4.52 Å². The predicted octanol–water partition coefficient (Wildman–Crippen LogP) is 3.70. The lowest BCUT2D eigenvalue weighted by Crippen LogP contribution is -1.79. The molecule has 1 rings (SSSR count). The van der Waals surface area contributed by atoms with Crippen molar-refractivity contribution in [3.63, 3.8) is 0 Å². The van der Waals surface area contributed by atoms with Crippen LogP contribution in [-0.2, 0) is 9.09 Å². The summed E-state index contributed by atoms with van der Waals surface area (Å²) in [6.45, 7) is 2.67. The number of hydrogen-bond donors (Lipinski definition) is 0. The Balaban J connectivity index is 0.000000223. The second kappa shape index (κ2) is 11.3. The summed E-state index contributed by atoms with van der Waals surface area (Å²) in [5.41, 5.74) is 0. The van der Waals surface area contributed by atoms with Crippen LogP contribution in [0.25, 0.3) is 0 Å². The van der Waals surface area contributed by atoms with Crippen molar-refractivity contribution in [3.8, 4) is 0 Å². The minimum Gasteiger partial charge on any atom is -0.294 e. The van der Waals surface area contributed by atoms with Crippen molar-refractivity contribution < 1.29 is 9.09 Å². The highest BCUT2D eigenvalue weighted by Crippen LogP contribution is 1.96. The van der Waals surface area contributed by atoms with E-state index in [0.29, 0.717) is 6.61 Å². The highest BCUT2D eigenvalue weighted by molar-refractivity contribution is 7.17. The predicted molar refractivity (Wildman–Crippen MR) is 54.9 cm³/mol. The van der Waals surface area contributed by atoms with Crippen molar-refractivity contribution in [1.29, 1.82) is 0 Å². The van der Waals surface area contributed by atoms with Crippen LogP contribution in [0.4, 0.5) is 0 Å². The smallest absolute Gasteiger partial charge is 0.294 e. The zero-order chi connectivity index (χ0) is 9.78. The molecule has 0 unspecified atom stereocenters. The summed E-state index contributed by atoms with van der Waals surface area (Å²) >= 11 is 0. The van der Waals surface area contributed by atoms with Crippen LogP contribution in [0.15, 0.2) is 36.4 Å². The molecule has 2 nitrogen and oxygen atoms in total. The van der Waals surface area contributed by atoms with Crippen molar-refractivity contribution in [2.75, 3.05) is 6.61 Å². The van der Waals surface area contributed by atoms with E-state index in [2.05, 4.69) is 11.4 Å². The van der Waals surface area contributed by atoms with Crippen molar-refractivity contribution in [3.05, 3.63) is 36.4 Å². The zero-order valence-corrected chi connectivity index (χ0v) is 8.74. The maximum Gasteiger partial charge on any atom is 0.327 e. The third-order valence-electron chi connectivity index (χ3n) is 1.31. The van der Waals surface area contributed by atoms with E-state index in [9.17, 15) is 4.57 Å². The second-order valence-electron chi connectivity index (χ2n) is 2.42. The third kappa shape index (κ3) is 11.3. The van der Waals surface area contributed by atoms with Crippen molar-refractivity contribution in [1.82, 2.24) is 0 Å². The Labute approximate surface area is 81.2 Å². The van der Waals surface area contributed by atoms with Crippen LogP contribution in [-0.4, -0.2) is 6.61 Å². The van der Waals surface area contributed by atoms with Crippen molar-refractivity contribution in [2.45, 2.75) is 19.8 Å². The Morgan fingerprint density at radius 1 is 1.08 bits per heavy atom. The van der Waals surface area contributed by atoms with Crippen LogP contribution < -0.4 is 0 Å².